The molecule has 0 bridgehead atoms. The van der Waals surface area contributed by atoms with Gasteiger partial charge in [0, 0.05) is 17.6 Å². The molecule has 4 aromatic rings. The van der Waals surface area contributed by atoms with E-state index in [1.165, 1.54) is 25.7 Å². The van der Waals surface area contributed by atoms with E-state index in [1.54, 1.807) is 24.0 Å². The standard InChI is InChI=1S/C20H21N9S/c1-2-16-19-26-24-11-28(19)17-7-21-20(25-18(17)29(16)13-5-3-4-6-13)27-8-14(22-10-27)15-9-30-12-23-15/h7-13,16H,2-6H2,1H3. The molecule has 9 nitrogen and oxygen atoms in total. The molecule has 6 rings (SSSR count). The van der Waals surface area contributed by atoms with E-state index < -0.39 is 0 Å². The van der Waals surface area contributed by atoms with Gasteiger partial charge < -0.3 is 4.90 Å². The van der Waals surface area contributed by atoms with Crippen molar-refractivity contribution in [3.05, 3.63) is 41.8 Å². The smallest absolute Gasteiger partial charge is 0.237 e. The van der Waals surface area contributed by atoms with Gasteiger partial charge in [-0.15, -0.1) is 21.5 Å². The number of nitrogens with zero attached hydrogens (tertiary/aromatic N) is 9. The molecule has 0 amide bonds. The normalized spacial score (nSPS) is 18.6. The second-order valence-electron chi connectivity index (χ2n) is 7.75. The molecular weight excluding hydrogens is 398 g/mol. The van der Waals surface area contributed by atoms with Crippen LogP contribution in [0.2, 0.25) is 0 Å². The minimum Gasteiger partial charge on any atom is -0.341 e. The van der Waals surface area contributed by atoms with Gasteiger partial charge in [0.15, 0.2) is 11.6 Å². The first-order valence-electron chi connectivity index (χ1n) is 10.3. The summed E-state index contributed by atoms with van der Waals surface area (Å²) < 4.78 is 3.90. The second kappa shape index (κ2) is 6.98. The molecule has 0 spiro atoms. The third-order valence-electron chi connectivity index (χ3n) is 6.06. The number of hydrogen-bond acceptors (Lipinski definition) is 8. The topological polar surface area (TPSA) is 90.4 Å². The van der Waals surface area contributed by atoms with E-state index >= 15 is 0 Å². The predicted octanol–water partition coefficient (Wildman–Crippen LogP) is 3.58. The molecule has 1 aliphatic carbocycles. The zero-order valence-corrected chi connectivity index (χ0v) is 17.4. The lowest BCUT2D eigenvalue weighted by Crippen LogP contribution is -2.42. The molecule has 1 saturated carbocycles. The van der Waals surface area contributed by atoms with E-state index in [2.05, 4.69) is 37.0 Å². The fourth-order valence-electron chi connectivity index (χ4n) is 4.66. The summed E-state index contributed by atoms with van der Waals surface area (Å²) in [6.07, 6.45) is 13.2. The van der Waals surface area contributed by atoms with Crippen molar-refractivity contribution >= 4 is 17.2 Å². The van der Waals surface area contributed by atoms with Crippen molar-refractivity contribution in [2.75, 3.05) is 4.90 Å². The van der Waals surface area contributed by atoms with Crippen LogP contribution in [0, 0.1) is 0 Å². The van der Waals surface area contributed by atoms with E-state index in [4.69, 9.17) is 4.98 Å². The van der Waals surface area contributed by atoms with E-state index in [0.717, 1.165) is 35.1 Å². The minimum atomic E-state index is 0.166. The zero-order valence-electron chi connectivity index (χ0n) is 16.6. The van der Waals surface area contributed by atoms with Crippen molar-refractivity contribution in [2.45, 2.75) is 51.1 Å². The highest BCUT2D eigenvalue weighted by Crippen LogP contribution is 2.42. The molecule has 0 radical (unpaired) electrons. The van der Waals surface area contributed by atoms with Gasteiger partial charge in [0.05, 0.1) is 17.7 Å². The number of rotatable bonds is 4. The lowest BCUT2D eigenvalue weighted by atomic mass is 10.0. The van der Waals surface area contributed by atoms with Gasteiger partial charge in [-0.2, -0.15) is 4.98 Å². The van der Waals surface area contributed by atoms with Crippen molar-refractivity contribution in [3.8, 4) is 23.0 Å². The van der Waals surface area contributed by atoms with Gasteiger partial charge in [0.1, 0.15) is 29.7 Å². The third-order valence-corrected chi connectivity index (χ3v) is 6.65. The average Bonchev–Trinajstić information content (AvgIpc) is 3.58. The van der Waals surface area contributed by atoms with E-state index in [1.807, 2.05) is 32.4 Å². The Hall–Kier alpha value is -3.14. The lowest BCUT2D eigenvalue weighted by molar-refractivity contribution is 0.468. The number of anilines is 1. The number of thiazole rings is 1. The van der Waals surface area contributed by atoms with Crippen molar-refractivity contribution in [3.63, 3.8) is 0 Å². The summed E-state index contributed by atoms with van der Waals surface area (Å²) in [6.45, 7) is 2.20. The van der Waals surface area contributed by atoms with E-state index in [-0.39, 0.29) is 6.04 Å². The maximum absolute atomic E-state index is 5.02. The van der Waals surface area contributed by atoms with Crippen LogP contribution in [0.4, 0.5) is 5.82 Å². The Balaban J connectivity index is 1.47. The minimum absolute atomic E-state index is 0.166. The molecule has 1 aliphatic heterocycles. The molecule has 1 fully saturated rings. The van der Waals surface area contributed by atoms with Crippen LogP contribution in [0.25, 0.3) is 23.0 Å². The monoisotopic (exact) mass is 419 g/mol. The molecular formula is C20H21N9S. The summed E-state index contributed by atoms with van der Waals surface area (Å²) in [6, 6.07) is 0.634. The molecule has 0 aromatic carbocycles. The fourth-order valence-corrected chi connectivity index (χ4v) is 5.21. The van der Waals surface area contributed by atoms with Crippen LogP contribution in [-0.2, 0) is 0 Å². The Morgan fingerprint density at radius 2 is 2.00 bits per heavy atom. The Morgan fingerprint density at radius 1 is 1.10 bits per heavy atom. The fraction of sp³-hybridized carbons (Fsp3) is 0.400. The molecule has 10 heteroatoms. The summed E-state index contributed by atoms with van der Waals surface area (Å²) in [5.41, 5.74) is 4.43. The van der Waals surface area contributed by atoms with Gasteiger partial charge in [0.25, 0.3) is 0 Å². The number of imidazole rings is 1. The zero-order chi connectivity index (χ0) is 20.1. The van der Waals surface area contributed by atoms with Crippen molar-refractivity contribution in [2.24, 2.45) is 0 Å². The van der Waals surface area contributed by atoms with Crippen molar-refractivity contribution in [1.82, 2.24) is 39.3 Å². The number of aromatic nitrogens is 8. The van der Waals surface area contributed by atoms with Crippen molar-refractivity contribution in [1.29, 1.82) is 0 Å². The molecule has 1 atom stereocenters. The van der Waals surface area contributed by atoms with Gasteiger partial charge >= 0.3 is 0 Å². The van der Waals surface area contributed by atoms with Crippen LogP contribution in [0.1, 0.15) is 50.9 Å². The highest BCUT2D eigenvalue weighted by atomic mass is 32.1. The summed E-state index contributed by atoms with van der Waals surface area (Å²) in [7, 11) is 0. The Kier molecular flexibility index (Phi) is 4.12. The summed E-state index contributed by atoms with van der Waals surface area (Å²) in [5, 5.41) is 10.6. The predicted molar refractivity (Wildman–Crippen MR) is 113 cm³/mol. The van der Waals surface area contributed by atoms with Crippen LogP contribution in [0.5, 0.6) is 0 Å². The first-order chi connectivity index (χ1) is 14.8. The molecule has 30 heavy (non-hydrogen) atoms. The average molecular weight is 420 g/mol. The maximum atomic E-state index is 5.02. The van der Waals surface area contributed by atoms with Gasteiger partial charge in [-0.05, 0) is 19.3 Å². The Morgan fingerprint density at radius 3 is 2.80 bits per heavy atom. The van der Waals surface area contributed by atoms with Crippen LogP contribution < -0.4 is 4.90 Å². The number of fused-ring (bicyclic) bond motifs is 3. The van der Waals surface area contributed by atoms with Crippen LogP contribution in [0.15, 0.2) is 35.9 Å². The van der Waals surface area contributed by atoms with Gasteiger partial charge in [-0.25, -0.2) is 15.0 Å². The van der Waals surface area contributed by atoms with Crippen molar-refractivity contribution < 1.29 is 0 Å². The van der Waals surface area contributed by atoms with Crippen LogP contribution in [0.3, 0.4) is 0 Å². The molecule has 4 aromatic heterocycles. The highest BCUT2D eigenvalue weighted by Gasteiger charge is 2.38. The molecule has 2 aliphatic rings. The molecule has 152 valence electrons. The second-order valence-corrected chi connectivity index (χ2v) is 8.47. The van der Waals surface area contributed by atoms with E-state index in [0.29, 0.717) is 12.0 Å². The van der Waals surface area contributed by atoms with Gasteiger partial charge in [0.2, 0.25) is 5.95 Å². The molecule has 1 unspecified atom stereocenters. The lowest BCUT2D eigenvalue weighted by Gasteiger charge is -2.40. The van der Waals surface area contributed by atoms with Crippen LogP contribution >= 0.6 is 11.3 Å². The maximum Gasteiger partial charge on any atom is 0.237 e. The molecule has 0 N–H and O–H groups in total. The van der Waals surface area contributed by atoms with Crippen LogP contribution in [-0.4, -0.2) is 45.3 Å². The third kappa shape index (κ3) is 2.67. The molecule has 0 saturated heterocycles. The summed E-state index contributed by atoms with van der Waals surface area (Å²) >= 11 is 1.56. The Bertz CT molecular complexity index is 1170. The summed E-state index contributed by atoms with van der Waals surface area (Å²) in [5.74, 6) is 2.54. The quantitative estimate of drug-likeness (QED) is 0.499. The first-order valence-corrected chi connectivity index (χ1v) is 11.3. The summed E-state index contributed by atoms with van der Waals surface area (Å²) in [4.78, 5) is 21.0. The number of hydrogen-bond donors (Lipinski definition) is 0. The first kappa shape index (κ1) is 17.7. The highest BCUT2D eigenvalue weighted by molar-refractivity contribution is 7.07. The SMILES string of the molecule is CCC1c2nncn2-c2cnc(-n3cnc(-c4cscn4)c3)nc2N1C1CCCC1. The Labute approximate surface area is 177 Å². The van der Waals surface area contributed by atoms with Gasteiger partial charge in [-0.3, -0.25) is 9.13 Å². The van der Waals surface area contributed by atoms with E-state index in [9.17, 15) is 0 Å². The molecule has 5 heterocycles. The largest absolute Gasteiger partial charge is 0.341 e. The van der Waals surface area contributed by atoms with Gasteiger partial charge in [-0.1, -0.05) is 19.8 Å².